The van der Waals surface area contributed by atoms with Gasteiger partial charge in [-0.25, -0.2) is 4.79 Å². The lowest BCUT2D eigenvalue weighted by molar-refractivity contribution is -0.138. The zero-order valence-corrected chi connectivity index (χ0v) is 11.6. The number of carboxylic acid groups (broad SMARTS) is 1. The quantitative estimate of drug-likeness (QED) is 0.715. The monoisotopic (exact) mass is 260 g/mol. The van der Waals surface area contributed by atoms with Gasteiger partial charge in [0.2, 0.25) is 0 Å². The molecule has 2 N–H and O–H groups in total. The van der Waals surface area contributed by atoms with E-state index in [9.17, 15) is 14.7 Å². The lowest BCUT2D eigenvalue weighted by Crippen LogP contribution is -2.48. The minimum atomic E-state index is -1.02. The number of hydrogen-bond acceptors (Lipinski definition) is 3. The minimum Gasteiger partial charge on any atom is -0.480 e. The second-order valence-electron chi connectivity index (χ2n) is 4.62. The summed E-state index contributed by atoms with van der Waals surface area (Å²) in [7, 11) is 1.61. The van der Waals surface area contributed by atoms with Gasteiger partial charge in [-0.3, -0.25) is 4.79 Å². The first-order valence-corrected chi connectivity index (χ1v) is 6.21. The van der Waals surface area contributed by atoms with Crippen molar-refractivity contribution in [3.63, 3.8) is 0 Å². The smallest absolute Gasteiger partial charge is 0.323 e. The highest BCUT2D eigenvalue weighted by Crippen LogP contribution is 2.08. The van der Waals surface area contributed by atoms with E-state index in [0.29, 0.717) is 19.4 Å². The number of aliphatic hydroxyl groups excluding tert-OH is 1. The molecule has 0 rings (SSSR count). The van der Waals surface area contributed by atoms with Crippen LogP contribution in [0.2, 0.25) is 0 Å². The predicted molar refractivity (Wildman–Crippen MR) is 68.4 cm³/mol. The molecule has 18 heavy (non-hydrogen) atoms. The van der Waals surface area contributed by atoms with Crippen LogP contribution in [-0.4, -0.2) is 64.3 Å². The molecule has 0 aromatic heterocycles. The van der Waals surface area contributed by atoms with Gasteiger partial charge < -0.3 is 20.0 Å². The molecule has 0 aromatic carbocycles. The Morgan fingerprint density at radius 1 is 1.28 bits per heavy atom. The van der Waals surface area contributed by atoms with Gasteiger partial charge in [0.25, 0.3) is 0 Å². The fraction of sp³-hybridized carbons (Fsp3) is 0.833. The maximum atomic E-state index is 12.1. The van der Waals surface area contributed by atoms with E-state index in [1.54, 1.807) is 14.0 Å². The summed E-state index contributed by atoms with van der Waals surface area (Å²) >= 11 is 0. The number of urea groups is 1. The molecule has 2 atom stereocenters. The van der Waals surface area contributed by atoms with Crippen LogP contribution in [0.15, 0.2) is 0 Å². The maximum absolute atomic E-state index is 12.1. The lowest BCUT2D eigenvalue weighted by atomic mass is 10.2. The molecule has 0 aromatic rings. The first-order valence-electron chi connectivity index (χ1n) is 6.21. The fourth-order valence-corrected chi connectivity index (χ4v) is 1.47. The zero-order chi connectivity index (χ0) is 14.3. The largest absolute Gasteiger partial charge is 0.480 e. The Labute approximate surface area is 108 Å². The first kappa shape index (κ1) is 16.7. The molecule has 6 nitrogen and oxygen atoms in total. The second-order valence-corrected chi connectivity index (χ2v) is 4.62. The molecular weight excluding hydrogens is 236 g/mol. The Morgan fingerprint density at radius 3 is 2.22 bits per heavy atom. The van der Waals surface area contributed by atoms with Crippen LogP contribution < -0.4 is 0 Å². The summed E-state index contributed by atoms with van der Waals surface area (Å²) in [5, 5.41) is 18.0. The third-order valence-corrected chi connectivity index (χ3v) is 2.88. The molecule has 0 aliphatic carbocycles. The summed E-state index contributed by atoms with van der Waals surface area (Å²) in [6, 6.07) is -0.435. The van der Waals surface area contributed by atoms with Crippen molar-refractivity contribution in [2.24, 2.45) is 0 Å². The van der Waals surface area contributed by atoms with Crippen LogP contribution in [0.5, 0.6) is 0 Å². The van der Waals surface area contributed by atoms with Crippen molar-refractivity contribution in [3.8, 4) is 0 Å². The summed E-state index contributed by atoms with van der Waals surface area (Å²) in [4.78, 5) is 25.7. The highest BCUT2D eigenvalue weighted by Gasteiger charge is 2.24. The third-order valence-electron chi connectivity index (χ3n) is 2.88. The standard InChI is InChI=1S/C12H24N2O4/c1-5-9(2)14(8-11(16)17)12(18)13(4)7-6-10(3)15/h9-10,15H,5-8H2,1-4H3,(H,16,17). The minimum absolute atomic E-state index is 0.123. The van der Waals surface area contributed by atoms with E-state index in [-0.39, 0.29) is 18.6 Å². The molecule has 0 saturated carbocycles. The molecule has 0 aliphatic heterocycles. The van der Waals surface area contributed by atoms with Crippen molar-refractivity contribution in [2.75, 3.05) is 20.1 Å². The first-order chi connectivity index (χ1) is 8.29. The van der Waals surface area contributed by atoms with E-state index in [1.807, 2.05) is 13.8 Å². The van der Waals surface area contributed by atoms with Crippen molar-refractivity contribution < 1.29 is 19.8 Å². The Kier molecular flexibility index (Phi) is 7.35. The molecule has 2 amide bonds. The van der Waals surface area contributed by atoms with Gasteiger partial charge in [-0.1, -0.05) is 6.92 Å². The fourth-order valence-electron chi connectivity index (χ4n) is 1.47. The van der Waals surface area contributed by atoms with Crippen LogP contribution in [-0.2, 0) is 4.79 Å². The highest BCUT2D eigenvalue weighted by atomic mass is 16.4. The zero-order valence-electron chi connectivity index (χ0n) is 11.6. The van der Waals surface area contributed by atoms with E-state index in [2.05, 4.69) is 0 Å². The number of aliphatic hydroxyl groups is 1. The average molecular weight is 260 g/mol. The summed E-state index contributed by atoms with van der Waals surface area (Å²) in [6.07, 6.45) is 0.698. The molecule has 106 valence electrons. The van der Waals surface area contributed by atoms with Crippen molar-refractivity contribution in [2.45, 2.75) is 45.8 Å². The Morgan fingerprint density at radius 2 is 1.83 bits per heavy atom. The van der Waals surface area contributed by atoms with E-state index >= 15 is 0 Å². The molecule has 0 fully saturated rings. The lowest BCUT2D eigenvalue weighted by Gasteiger charge is -2.31. The van der Waals surface area contributed by atoms with Crippen LogP contribution in [0.4, 0.5) is 4.79 Å². The number of carbonyl (C=O) groups is 2. The van der Waals surface area contributed by atoms with E-state index in [4.69, 9.17) is 5.11 Å². The molecule has 6 heteroatoms. The van der Waals surface area contributed by atoms with Gasteiger partial charge >= 0.3 is 12.0 Å². The van der Waals surface area contributed by atoms with Gasteiger partial charge in [-0.2, -0.15) is 0 Å². The van der Waals surface area contributed by atoms with E-state index < -0.39 is 12.1 Å². The van der Waals surface area contributed by atoms with E-state index in [0.717, 1.165) is 0 Å². The van der Waals surface area contributed by atoms with Crippen LogP contribution in [0.25, 0.3) is 0 Å². The van der Waals surface area contributed by atoms with Crippen molar-refractivity contribution >= 4 is 12.0 Å². The van der Waals surface area contributed by atoms with Gasteiger partial charge in [0.1, 0.15) is 6.54 Å². The van der Waals surface area contributed by atoms with Crippen molar-refractivity contribution in [1.82, 2.24) is 9.80 Å². The Hall–Kier alpha value is -1.30. The number of carbonyl (C=O) groups excluding carboxylic acids is 1. The average Bonchev–Trinajstić information content (AvgIpc) is 2.30. The van der Waals surface area contributed by atoms with Crippen LogP contribution >= 0.6 is 0 Å². The predicted octanol–water partition coefficient (Wildman–Crippen LogP) is 0.994. The molecule has 0 radical (unpaired) electrons. The number of carboxylic acids is 1. The SMILES string of the molecule is CCC(C)N(CC(=O)O)C(=O)N(C)CCC(C)O. The van der Waals surface area contributed by atoms with Gasteiger partial charge in [0, 0.05) is 19.6 Å². The molecule has 0 saturated heterocycles. The van der Waals surface area contributed by atoms with Crippen molar-refractivity contribution in [1.29, 1.82) is 0 Å². The third kappa shape index (κ3) is 5.86. The van der Waals surface area contributed by atoms with Gasteiger partial charge in [0.15, 0.2) is 0 Å². The molecular formula is C12H24N2O4. The Balaban J connectivity index is 4.58. The Bertz CT molecular complexity index is 281. The molecule has 0 heterocycles. The number of aliphatic carboxylic acids is 1. The van der Waals surface area contributed by atoms with E-state index in [1.165, 1.54) is 9.80 Å². The molecule has 0 spiro atoms. The molecule has 2 unspecified atom stereocenters. The summed E-state index contributed by atoms with van der Waals surface area (Å²) in [6.45, 7) is 5.49. The summed E-state index contributed by atoms with van der Waals surface area (Å²) in [5.41, 5.74) is 0. The number of nitrogens with zero attached hydrogens (tertiary/aromatic N) is 2. The summed E-state index contributed by atoms with van der Waals surface area (Å²) < 4.78 is 0. The van der Waals surface area contributed by atoms with Gasteiger partial charge in [0.05, 0.1) is 6.10 Å². The number of hydrogen-bond donors (Lipinski definition) is 2. The summed E-state index contributed by atoms with van der Waals surface area (Å²) in [5.74, 6) is -1.02. The van der Waals surface area contributed by atoms with Gasteiger partial charge in [-0.05, 0) is 26.7 Å². The second kappa shape index (κ2) is 7.92. The topological polar surface area (TPSA) is 81.1 Å². The number of rotatable bonds is 7. The van der Waals surface area contributed by atoms with Crippen LogP contribution in [0.3, 0.4) is 0 Å². The maximum Gasteiger partial charge on any atom is 0.323 e. The van der Waals surface area contributed by atoms with Crippen molar-refractivity contribution in [3.05, 3.63) is 0 Å². The van der Waals surface area contributed by atoms with Crippen LogP contribution in [0.1, 0.15) is 33.6 Å². The normalized spacial score (nSPS) is 13.8. The number of amides is 2. The van der Waals surface area contributed by atoms with Crippen LogP contribution in [0, 0.1) is 0 Å². The molecule has 0 bridgehead atoms. The highest BCUT2D eigenvalue weighted by molar-refractivity contribution is 5.80. The molecule has 0 aliphatic rings. The van der Waals surface area contributed by atoms with Gasteiger partial charge in [-0.15, -0.1) is 0 Å².